The molecule has 18 heavy (non-hydrogen) atoms. The van der Waals surface area contributed by atoms with Crippen molar-refractivity contribution in [3.8, 4) is 0 Å². The number of fused-ring (bicyclic) bond motifs is 1. The third-order valence-electron chi connectivity index (χ3n) is 3.94. The van der Waals surface area contributed by atoms with Crippen LogP contribution in [0.4, 0.5) is 0 Å². The molecule has 0 fully saturated rings. The highest BCUT2D eigenvalue weighted by Gasteiger charge is 2.33. The molecule has 2 nitrogen and oxygen atoms in total. The van der Waals surface area contributed by atoms with Crippen LogP contribution in [0.2, 0.25) is 5.15 Å². The van der Waals surface area contributed by atoms with E-state index in [-0.39, 0.29) is 5.41 Å². The molecule has 1 atom stereocenters. The second-order valence-electron chi connectivity index (χ2n) is 5.19. The van der Waals surface area contributed by atoms with E-state index >= 15 is 0 Å². The molecule has 92 valence electrons. The van der Waals surface area contributed by atoms with Gasteiger partial charge in [0.05, 0.1) is 0 Å². The lowest BCUT2D eigenvalue weighted by Crippen LogP contribution is -2.31. The van der Waals surface area contributed by atoms with Gasteiger partial charge in [-0.2, -0.15) is 0 Å². The maximum absolute atomic E-state index is 6.13. The number of halogens is 1. The molecule has 1 unspecified atom stereocenters. The first-order valence-corrected chi connectivity index (χ1v) is 6.61. The summed E-state index contributed by atoms with van der Waals surface area (Å²) < 4.78 is 0. The number of hydrogen-bond acceptors (Lipinski definition) is 2. The number of nitrogens with zero attached hydrogens (tertiary/aromatic N) is 2. The zero-order valence-corrected chi connectivity index (χ0v) is 11.1. The van der Waals surface area contributed by atoms with Crippen molar-refractivity contribution >= 4 is 11.6 Å². The van der Waals surface area contributed by atoms with Crippen LogP contribution >= 0.6 is 11.6 Å². The van der Waals surface area contributed by atoms with Crippen LogP contribution in [0.15, 0.2) is 36.7 Å². The van der Waals surface area contributed by atoms with Gasteiger partial charge in [-0.15, -0.1) is 0 Å². The Morgan fingerprint density at radius 1 is 1.17 bits per heavy atom. The quantitative estimate of drug-likeness (QED) is 0.731. The van der Waals surface area contributed by atoms with Crippen LogP contribution in [0, 0.1) is 0 Å². The van der Waals surface area contributed by atoms with Crippen LogP contribution in [0.25, 0.3) is 0 Å². The molecule has 3 rings (SSSR count). The smallest absolute Gasteiger partial charge is 0.135 e. The standard InChI is InChI=1S/C15H15ClN2/c1-15(11-5-3-2-4-6-11)8-7-12-13(9-15)17-10-18-14(12)16/h2-6,10H,7-9H2,1H3. The van der Waals surface area contributed by atoms with Crippen LogP contribution in [-0.2, 0) is 18.3 Å². The van der Waals surface area contributed by atoms with E-state index in [1.165, 1.54) is 5.56 Å². The number of benzene rings is 1. The molecular formula is C15H15ClN2. The van der Waals surface area contributed by atoms with E-state index < -0.39 is 0 Å². The number of aromatic nitrogens is 2. The molecule has 0 saturated carbocycles. The minimum absolute atomic E-state index is 0.159. The Hall–Kier alpha value is -1.41. The van der Waals surface area contributed by atoms with E-state index in [9.17, 15) is 0 Å². The topological polar surface area (TPSA) is 25.8 Å². The highest BCUT2D eigenvalue weighted by atomic mass is 35.5. The van der Waals surface area contributed by atoms with Gasteiger partial charge in [0, 0.05) is 11.3 Å². The van der Waals surface area contributed by atoms with E-state index in [1.807, 2.05) is 0 Å². The average molecular weight is 259 g/mol. The summed E-state index contributed by atoms with van der Waals surface area (Å²) in [5.74, 6) is 0. The van der Waals surface area contributed by atoms with Crippen molar-refractivity contribution in [3.05, 3.63) is 58.6 Å². The van der Waals surface area contributed by atoms with Crippen LogP contribution < -0.4 is 0 Å². The summed E-state index contributed by atoms with van der Waals surface area (Å²) in [5.41, 5.74) is 3.77. The first-order valence-electron chi connectivity index (χ1n) is 6.23. The zero-order chi connectivity index (χ0) is 12.6. The minimum atomic E-state index is 0.159. The van der Waals surface area contributed by atoms with E-state index in [2.05, 4.69) is 47.2 Å². The molecule has 0 radical (unpaired) electrons. The average Bonchev–Trinajstić information content (AvgIpc) is 2.40. The molecule has 2 aromatic rings. The molecule has 0 N–H and O–H groups in total. The lowest BCUT2D eigenvalue weighted by atomic mass is 9.70. The van der Waals surface area contributed by atoms with Gasteiger partial charge in [0.15, 0.2) is 0 Å². The Morgan fingerprint density at radius 3 is 2.72 bits per heavy atom. The highest BCUT2D eigenvalue weighted by molar-refractivity contribution is 6.30. The molecule has 0 spiro atoms. The van der Waals surface area contributed by atoms with E-state index in [4.69, 9.17) is 11.6 Å². The Balaban J connectivity index is 2.00. The predicted octanol–water partition coefficient (Wildman–Crippen LogP) is 3.58. The second kappa shape index (κ2) is 4.36. The SMILES string of the molecule is CC1(c2ccccc2)CCc2c(Cl)ncnc2C1. The summed E-state index contributed by atoms with van der Waals surface area (Å²) in [6, 6.07) is 10.7. The summed E-state index contributed by atoms with van der Waals surface area (Å²) in [6.07, 6.45) is 4.56. The molecule has 1 aromatic heterocycles. The second-order valence-corrected chi connectivity index (χ2v) is 5.55. The Morgan fingerprint density at radius 2 is 1.94 bits per heavy atom. The molecule has 3 heteroatoms. The lowest BCUT2D eigenvalue weighted by Gasteiger charge is -2.34. The van der Waals surface area contributed by atoms with E-state index in [0.29, 0.717) is 5.15 Å². The third kappa shape index (κ3) is 1.91. The fraction of sp³-hybridized carbons (Fsp3) is 0.333. The van der Waals surface area contributed by atoms with Crippen molar-refractivity contribution in [2.24, 2.45) is 0 Å². The molecular weight excluding hydrogens is 244 g/mol. The Bertz CT molecular complexity index is 568. The normalized spacial score (nSPS) is 22.6. The van der Waals surface area contributed by atoms with Crippen molar-refractivity contribution in [2.75, 3.05) is 0 Å². The molecule has 0 bridgehead atoms. The van der Waals surface area contributed by atoms with Crippen LogP contribution in [-0.4, -0.2) is 9.97 Å². The summed E-state index contributed by atoms with van der Waals surface area (Å²) in [6.45, 7) is 2.31. The molecule has 0 amide bonds. The maximum atomic E-state index is 6.13. The van der Waals surface area contributed by atoms with Gasteiger partial charge < -0.3 is 0 Å². The van der Waals surface area contributed by atoms with Crippen molar-refractivity contribution in [3.63, 3.8) is 0 Å². The first-order chi connectivity index (χ1) is 8.69. The van der Waals surface area contributed by atoms with Crippen LogP contribution in [0.1, 0.15) is 30.2 Å². The molecule has 1 heterocycles. The molecule has 1 aromatic carbocycles. The van der Waals surface area contributed by atoms with Gasteiger partial charge in [-0.3, -0.25) is 0 Å². The molecule has 1 aliphatic carbocycles. The van der Waals surface area contributed by atoms with Crippen molar-refractivity contribution in [2.45, 2.75) is 31.6 Å². The lowest BCUT2D eigenvalue weighted by molar-refractivity contribution is 0.401. The molecule has 0 saturated heterocycles. The fourth-order valence-electron chi connectivity index (χ4n) is 2.77. The highest BCUT2D eigenvalue weighted by Crippen LogP contribution is 2.38. The fourth-order valence-corrected chi connectivity index (χ4v) is 3.02. The summed E-state index contributed by atoms with van der Waals surface area (Å²) in [7, 11) is 0. The van der Waals surface area contributed by atoms with Gasteiger partial charge in [-0.1, -0.05) is 48.9 Å². The predicted molar refractivity (Wildman–Crippen MR) is 72.9 cm³/mol. The van der Waals surface area contributed by atoms with Crippen molar-refractivity contribution < 1.29 is 0 Å². The van der Waals surface area contributed by atoms with Crippen LogP contribution in [0.5, 0.6) is 0 Å². The van der Waals surface area contributed by atoms with E-state index in [0.717, 1.165) is 30.5 Å². The summed E-state index contributed by atoms with van der Waals surface area (Å²) in [5, 5.41) is 0.620. The zero-order valence-electron chi connectivity index (χ0n) is 10.4. The van der Waals surface area contributed by atoms with Gasteiger partial charge in [-0.25, -0.2) is 9.97 Å². The molecule has 1 aliphatic rings. The van der Waals surface area contributed by atoms with Crippen molar-refractivity contribution in [1.82, 2.24) is 9.97 Å². The monoisotopic (exact) mass is 258 g/mol. The molecule has 0 aliphatic heterocycles. The third-order valence-corrected chi connectivity index (χ3v) is 4.26. The Labute approximate surface area is 112 Å². The largest absolute Gasteiger partial charge is 0.241 e. The van der Waals surface area contributed by atoms with Crippen molar-refractivity contribution in [1.29, 1.82) is 0 Å². The summed E-state index contributed by atoms with van der Waals surface area (Å²) in [4.78, 5) is 8.47. The Kier molecular flexibility index (Phi) is 2.83. The minimum Gasteiger partial charge on any atom is -0.241 e. The number of rotatable bonds is 1. The van der Waals surface area contributed by atoms with E-state index in [1.54, 1.807) is 6.33 Å². The van der Waals surface area contributed by atoms with Gasteiger partial charge in [0.1, 0.15) is 11.5 Å². The first kappa shape index (κ1) is 11.7. The maximum Gasteiger partial charge on any atom is 0.135 e. The van der Waals surface area contributed by atoms with Gasteiger partial charge >= 0.3 is 0 Å². The summed E-state index contributed by atoms with van der Waals surface area (Å²) >= 11 is 6.13. The van der Waals surface area contributed by atoms with Gasteiger partial charge in [0.2, 0.25) is 0 Å². The van der Waals surface area contributed by atoms with Gasteiger partial charge in [0.25, 0.3) is 0 Å². The number of hydrogen-bond donors (Lipinski definition) is 0. The van der Waals surface area contributed by atoms with Gasteiger partial charge in [-0.05, 0) is 30.2 Å². The van der Waals surface area contributed by atoms with Crippen LogP contribution in [0.3, 0.4) is 0 Å².